The standard InChI is InChI=1S/C25H31FN8O4/c1-37-10-11-38-25(36)32-17-6-4-16(5-7-17)30-22-13-19(29-15-2-3-15)23-28-14-20(34(23)33-22)24(35)31-18-8-9-27-21(26)12-18/h8-9,12-17,29H,2-7,10-11H2,1H3,(H,30,33)(H,32,36)(H,27,31,35). The Labute approximate surface area is 218 Å². The topological polar surface area (TPSA) is 144 Å². The van der Waals surface area contributed by atoms with Gasteiger partial charge >= 0.3 is 6.09 Å². The predicted molar refractivity (Wildman–Crippen MR) is 138 cm³/mol. The molecule has 2 amide bonds. The molecule has 0 atom stereocenters. The van der Waals surface area contributed by atoms with Crippen molar-refractivity contribution < 1.29 is 23.5 Å². The summed E-state index contributed by atoms with van der Waals surface area (Å²) in [6, 6.07) is 5.14. The van der Waals surface area contributed by atoms with E-state index in [9.17, 15) is 14.0 Å². The van der Waals surface area contributed by atoms with Gasteiger partial charge in [0.05, 0.1) is 18.5 Å². The highest BCUT2D eigenvalue weighted by Gasteiger charge is 2.26. The van der Waals surface area contributed by atoms with Gasteiger partial charge in [-0.05, 0) is 44.6 Å². The Morgan fingerprint density at radius 1 is 1.03 bits per heavy atom. The molecule has 202 valence electrons. The van der Waals surface area contributed by atoms with Crippen LogP contribution < -0.4 is 21.3 Å². The third kappa shape index (κ3) is 6.46. The van der Waals surface area contributed by atoms with Crippen LogP contribution in [0.5, 0.6) is 0 Å². The van der Waals surface area contributed by atoms with E-state index < -0.39 is 17.9 Å². The number of fused-ring (bicyclic) bond motifs is 1. The van der Waals surface area contributed by atoms with Crippen LogP contribution in [0.1, 0.15) is 49.0 Å². The molecule has 0 spiro atoms. The fourth-order valence-corrected chi connectivity index (χ4v) is 4.44. The third-order valence-corrected chi connectivity index (χ3v) is 6.54. The van der Waals surface area contributed by atoms with Crippen LogP contribution in [0.25, 0.3) is 5.65 Å². The molecule has 0 aliphatic heterocycles. The van der Waals surface area contributed by atoms with Crippen molar-refractivity contribution >= 4 is 34.8 Å². The van der Waals surface area contributed by atoms with Gasteiger partial charge in [0.25, 0.3) is 5.91 Å². The molecule has 13 heteroatoms. The average Bonchev–Trinajstić information content (AvgIpc) is 3.60. The number of nitrogens with one attached hydrogen (secondary N) is 4. The van der Waals surface area contributed by atoms with Crippen molar-refractivity contribution in [2.75, 3.05) is 36.3 Å². The van der Waals surface area contributed by atoms with Crippen molar-refractivity contribution in [2.24, 2.45) is 0 Å². The summed E-state index contributed by atoms with van der Waals surface area (Å²) in [7, 11) is 1.56. The van der Waals surface area contributed by atoms with E-state index >= 15 is 0 Å². The van der Waals surface area contributed by atoms with Gasteiger partial charge in [0.1, 0.15) is 12.4 Å². The van der Waals surface area contributed by atoms with Gasteiger partial charge in [0.15, 0.2) is 11.3 Å². The SMILES string of the molecule is COCCOC(=O)NC1CCC(Nc2cc(NC3CC3)c3ncc(C(=O)Nc4ccnc(F)c4)n3n2)CC1. The van der Waals surface area contributed by atoms with Gasteiger partial charge in [-0.3, -0.25) is 4.79 Å². The number of anilines is 3. The number of halogens is 1. The molecule has 38 heavy (non-hydrogen) atoms. The summed E-state index contributed by atoms with van der Waals surface area (Å²) in [4.78, 5) is 32.9. The first-order valence-electron chi connectivity index (χ1n) is 12.8. The highest BCUT2D eigenvalue weighted by atomic mass is 19.1. The number of ether oxygens (including phenoxy) is 2. The number of rotatable bonds is 10. The molecular weight excluding hydrogens is 495 g/mol. The van der Waals surface area contributed by atoms with Crippen LogP contribution >= 0.6 is 0 Å². The molecule has 12 nitrogen and oxygen atoms in total. The number of hydrogen-bond acceptors (Lipinski definition) is 9. The molecule has 0 saturated heterocycles. The molecule has 3 aromatic heterocycles. The average molecular weight is 527 g/mol. The number of alkyl carbamates (subject to hydrolysis) is 1. The summed E-state index contributed by atoms with van der Waals surface area (Å²) < 4.78 is 25.0. The number of pyridine rings is 1. The summed E-state index contributed by atoms with van der Waals surface area (Å²) in [5.41, 5.74) is 1.83. The Morgan fingerprint density at radius 2 is 1.76 bits per heavy atom. The van der Waals surface area contributed by atoms with Crippen LogP contribution in [-0.2, 0) is 9.47 Å². The van der Waals surface area contributed by atoms with Gasteiger partial charge in [-0.2, -0.15) is 4.39 Å². The molecule has 2 aliphatic carbocycles. The first kappa shape index (κ1) is 25.6. The zero-order valence-corrected chi connectivity index (χ0v) is 21.1. The molecule has 2 fully saturated rings. The number of methoxy groups -OCH3 is 1. The first-order chi connectivity index (χ1) is 18.5. The maximum atomic E-state index is 13.5. The van der Waals surface area contributed by atoms with E-state index in [1.54, 1.807) is 7.11 Å². The van der Waals surface area contributed by atoms with E-state index in [0.29, 0.717) is 24.1 Å². The minimum absolute atomic E-state index is 0.0487. The van der Waals surface area contributed by atoms with Crippen LogP contribution in [0.2, 0.25) is 0 Å². The molecule has 0 aromatic carbocycles. The normalized spacial score (nSPS) is 19.1. The molecule has 2 saturated carbocycles. The van der Waals surface area contributed by atoms with E-state index in [4.69, 9.17) is 9.47 Å². The summed E-state index contributed by atoms with van der Waals surface area (Å²) in [5, 5.41) is 17.2. The molecule has 4 N–H and O–H groups in total. The predicted octanol–water partition coefficient (Wildman–Crippen LogP) is 3.19. The number of nitrogens with zero attached hydrogens (tertiary/aromatic N) is 4. The van der Waals surface area contributed by atoms with Gasteiger partial charge in [0, 0.05) is 49.3 Å². The largest absolute Gasteiger partial charge is 0.447 e. The van der Waals surface area contributed by atoms with Crippen molar-refractivity contribution in [3.8, 4) is 0 Å². The smallest absolute Gasteiger partial charge is 0.407 e. The Balaban J connectivity index is 1.27. The maximum Gasteiger partial charge on any atom is 0.407 e. The van der Waals surface area contributed by atoms with E-state index in [-0.39, 0.29) is 30.1 Å². The third-order valence-electron chi connectivity index (χ3n) is 6.54. The van der Waals surface area contributed by atoms with Crippen LogP contribution in [-0.4, -0.2) is 70.0 Å². The van der Waals surface area contributed by atoms with Crippen molar-refractivity contribution in [3.05, 3.63) is 42.2 Å². The molecule has 5 rings (SSSR count). The fraction of sp³-hybridized carbons (Fsp3) is 0.480. The highest BCUT2D eigenvalue weighted by molar-refractivity contribution is 6.03. The quantitative estimate of drug-likeness (QED) is 0.231. The number of imidazole rings is 1. The Morgan fingerprint density at radius 3 is 2.50 bits per heavy atom. The van der Waals surface area contributed by atoms with Gasteiger partial charge in [-0.1, -0.05) is 0 Å². The van der Waals surface area contributed by atoms with Crippen LogP contribution in [0.15, 0.2) is 30.6 Å². The molecule has 3 heterocycles. The minimum atomic E-state index is -0.686. The lowest BCUT2D eigenvalue weighted by atomic mass is 9.91. The Kier molecular flexibility index (Phi) is 7.82. The van der Waals surface area contributed by atoms with Crippen LogP contribution in [0, 0.1) is 5.95 Å². The zero-order valence-electron chi connectivity index (χ0n) is 21.1. The van der Waals surface area contributed by atoms with E-state index in [2.05, 4.69) is 36.3 Å². The highest BCUT2D eigenvalue weighted by Crippen LogP contribution is 2.30. The van der Waals surface area contributed by atoms with E-state index in [1.807, 2.05) is 6.07 Å². The van der Waals surface area contributed by atoms with E-state index in [0.717, 1.165) is 50.3 Å². The summed E-state index contributed by atoms with van der Waals surface area (Å²) in [6.07, 6.45) is 7.72. The summed E-state index contributed by atoms with van der Waals surface area (Å²) >= 11 is 0. The number of hydrogen-bond donors (Lipinski definition) is 4. The number of carbonyl (C=O) groups excluding carboxylic acids is 2. The molecule has 0 unspecified atom stereocenters. The van der Waals surface area contributed by atoms with Gasteiger partial charge in [0.2, 0.25) is 5.95 Å². The van der Waals surface area contributed by atoms with Crippen LogP contribution in [0.4, 0.5) is 26.4 Å². The summed E-state index contributed by atoms with van der Waals surface area (Å²) in [5.74, 6) is -0.540. The summed E-state index contributed by atoms with van der Waals surface area (Å²) in [6.45, 7) is 0.583. The van der Waals surface area contributed by atoms with Gasteiger partial charge in [-0.15, -0.1) is 5.10 Å². The van der Waals surface area contributed by atoms with Crippen LogP contribution in [0.3, 0.4) is 0 Å². The van der Waals surface area contributed by atoms with E-state index in [1.165, 1.54) is 23.0 Å². The first-order valence-corrected chi connectivity index (χ1v) is 12.8. The van der Waals surface area contributed by atoms with Crippen molar-refractivity contribution in [2.45, 2.75) is 56.7 Å². The molecule has 0 radical (unpaired) electrons. The second-order valence-corrected chi connectivity index (χ2v) is 9.53. The second kappa shape index (κ2) is 11.6. The lowest BCUT2D eigenvalue weighted by molar-refractivity contribution is 0.0950. The molecule has 0 bridgehead atoms. The van der Waals surface area contributed by atoms with Crippen molar-refractivity contribution in [1.29, 1.82) is 0 Å². The molecular formula is C25H31FN8O4. The lowest BCUT2D eigenvalue weighted by Gasteiger charge is -2.29. The minimum Gasteiger partial charge on any atom is -0.447 e. The number of carbonyl (C=O) groups is 2. The monoisotopic (exact) mass is 526 g/mol. The Bertz CT molecular complexity index is 1290. The van der Waals surface area contributed by atoms with Gasteiger partial charge < -0.3 is 30.7 Å². The maximum absolute atomic E-state index is 13.5. The number of aromatic nitrogens is 4. The van der Waals surface area contributed by atoms with Gasteiger partial charge in [-0.25, -0.2) is 19.3 Å². The van der Waals surface area contributed by atoms with Crippen molar-refractivity contribution in [1.82, 2.24) is 24.9 Å². The Hall–Kier alpha value is -4.00. The fourth-order valence-electron chi connectivity index (χ4n) is 4.44. The number of amides is 2. The second-order valence-electron chi connectivity index (χ2n) is 9.53. The zero-order chi connectivity index (χ0) is 26.5. The molecule has 3 aromatic rings. The molecule has 2 aliphatic rings. The van der Waals surface area contributed by atoms with Crippen molar-refractivity contribution in [3.63, 3.8) is 0 Å². The lowest BCUT2D eigenvalue weighted by Crippen LogP contribution is -2.40.